The van der Waals surface area contributed by atoms with E-state index in [-0.39, 0.29) is 12.3 Å². The zero-order valence-electron chi connectivity index (χ0n) is 9.36. The van der Waals surface area contributed by atoms with Gasteiger partial charge in [-0.05, 0) is 18.3 Å². The first-order valence-electron chi connectivity index (χ1n) is 5.50. The van der Waals surface area contributed by atoms with Crippen LogP contribution in [0.15, 0.2) is 4.99 Å². The summed E-state index contributed by atoms with van der Waals surface area (Å²) >= 11 is 0. The van der Waals surface area contributed by atoms with Gasteiger partial charge in [-0.3, -0.25) is 0 Å². The zero-order valence-corrected chi connectivity index (χ0v) is 9.36. The first-order valence-corrected chi connectivity index (χ1v) is 5.50. The largest absolute Gasteiger partial charge is 0.450 e. The molecule has 1 saturated heterocycles. The van der Waals surface area contributed by atoms with Crippen molar-refractivity contribution in [3.8, 4) is 0 Å². The molecule has 0 aromatic heterocycles. The van der Waals surface area contributed by atoms with Crippen molar-refractivity contribution in [2.45, 2.75) is 52.6 Å². The molecule has 2 aliphatic heterocycles. The van der Waals surface area contributed by atoms with Crippen LogP contribution in [0.25, 0.3) is 0 Å². The summed E-state index contributed by atoms with van der Waals surface area (Å²) in [6, 6.07) is 0.216. The third-order valence-corrected chi connectivity index (χ3v) is 3.56. The molecule has 0 spiro atoms. The quantitative estimate of drug-likeness (QED) is 0.645. The molecule has 3 heteroatoms. The van der Waals surface area contributed by atoms with E-state index in [0.717, 1.165) is 12.3 Å². The maximum absolute atomic E-state index is 5.88. The van der Waals surface area contributed by atoms with Gasteiger partial charge < -0.3 is 9.47 Å². The van der Waals surface area contributed by atoms with Crippen LogP contribution in [0.4, 0.5) is 0 Å². The van der Waals surface area contributed by atoms with Crippen molar-refractivity contribution in [1.29, 1.82) is 0 Å². The number of nitrogens with zero attached hydrogens (tertiary/aromatic N) is 1. The van der Waals surface area contributed by atoms with E-state index in [2.05, 4.69) is 25.8 Å². The summed E-state index contributed by atoms with van der Waals surface area (Å²) in [4.78, 5) is 4.48. The minimum atomic E-state index is -0.119. The Bertz CT molecular complexity index is 252. The molecule has 0 aromatic rings. The Morgan fingerprint density at radius 3 is 2.64 bits per heavy atom. The number of aliphatic imine (C=N–C) groups is 1. The van der Waals surface area contributed by atoms with Crippen LogP contribution < -0.4 is 0 Å². The minimum Gasteiger partial charge on any atom is -0.450 e. The van der Waals surface area contributed by atoms with E-state index in [1.165, 1.54) is 0 Å². The molecule has 2 heterocycles. The Morgan fingerprint density at radius 1 is 1.29 bits per heavy atom. The van der Waals surface area contributed by atoms with E-state index in [1.54, 1.807) is 0 Å². The highest BCUT2D eigenvalue weighted by atomic mass is 16.7. The molecule has 0 N–H and O–H groups in total. The highest BCUT2D eigenvalue weighted by Crippen LogP contribution is 2.36. The van der Waals surface area contributed by atoms with Crippen molar-refractivity contribution in [2.75, 3.05) is 0 Å². The van der Waals surface area contributed by atoms with Crippen LogP contribution in [0.1, 0.15) is 34.1 Å². The maximum atomic E-state index is 5.88. The molecular formula is C11H19NO2. The predicted octanol–water partition coefficient (Wildman–Crippen LogP) is 2.21. The van der Waals surface area contributed by atoms with E-state index >= 15 is 0 Å². The van der Waals surface area contributed by atoms with Crippen LogP contribution in [-0.2, 0) is 9.47 Å². The number of rotatable bonds is 1. The molecule has 0 aliphatic carbocycles. The highest BCUT2D eigenvalue weighted by molar-refractivity contribution is 5.75. The van der Waals surface area contributed by atoms with Gasteiger partial charge in [-0.25, -0.2) is 4.99 Å². The van der Waals surface area contributed by atoms with Crippen molar-refractivity contribution >= 4 is 5.90 Å². The Kier molecular flexibility index (Phi) is 2.52. The van der Waals surface area contributed by atoms with Crippen LogP contribution in [0.2, 0.25) is 0 Å². The highest BCUT2D eigenvalue weighted by Gasteiger charge is 2.44. The summed E-state index contributed by atoms with van der Waals surface area (Å²) in [5, 5.41) is 0. The second kappa shape index (κ2) is 3.54. The zero-order chi connectivity index (χ0) is 10.3. The van der Waals surface area contributed by atoms with Crippen LogP contribution in [0, 0.1) is 11.8 Å². The van der Waals surface area contributed by atoms with Gasteiger partial charge in [0.15, 0.2) is 5.90 Å². The summed E-state index contributed by atoms with van der Waals surface area (Å²) in [7, 11) is 0. The van der Waals surface area contributed by atoms with Gasteiger partial charge in [-0.1, -0.05) is 20.8 Å². The van der Waals surface area contributed by atoms with Gasteiger partial charge in [-0.15, -0.1) is 0 Å². The van der Waals surface area contributed by atoms with E-state index in [9.17, 15) is 0 Å². The van der Waals surface area contributed by atoms with Gasteiger partial charge in [0.05, 0.1) is 6.10 Å². The first-order chi connectivity index (χ1) is 6.63. The van der Waals surface area contributed by atoms with Gasteiger partial charge in [0, 0.05) is 6.92 Å². The molecule has 0 saturated carbocycles. The summed E-state index contributed by atoms with van der Waals surface area (Å²) in [5.41, 5.74) is 0. The first kappa shape index (κ1) is 9.97. The van der Waals surface area contributed by atoms with Crippen molar-refractivity contribution < 1.29 is 9.47 Å². The average molecular weight is 197 g/mol. The Balaban J connectivity index is 2.14. The van der Waals surface area contributed by atoms with E-state index in [4.69, 9.17) is 9.47 Å². The van der Waals surface area contributed by atoms with Crippen molar-refractivity contribution in [1.82, 2.24) is 0 Å². The molecule has 1 fully saturated rings. The van der Waals surface area contributed by atoms with Gasteiger partial charge in [0.2, 0.25) is 6.29 Å². The second-order valence-electron chi connectivity index (χ2n) is 4.43. The van der Waals surface area contributed by atoms with Crippen LogP contribution >= 0.6 is 0 Å². The summed E-state index contributed by atoms with van der Waals surface area (Å²) in [6.07, 6.45) is 1.26. The number of hydrogen-bond acceptors (Lipinski definition) is 3. The Hall–Kier alpha value is -0.570. The number of hydrogen-bond donors (Lipinski definition) is 0. The van der Waals surface area contributed by atoms with Gasteiger partial charge >= 0.3 is 0 Å². The van der Waals surface area contributed by atoms with Crippen molar-refractivity contribution in [3.63, 3.8) is 0 Å². The molecule has 0 aromatic carbocycles. The maximum Gasteiger partial charge on any atom is 0.224 e. The second-order valence-corrected chi connectivity index (χ2v) is 4.43. The molecule has 2 unspecified atom stereocenters. The molecule has 0 radical (unpaired) electrons. The van der Waals surface area contributed by atoms with E-state index in [1.807, 2.05) is 6.92 Å². The SMILES string of the molecule is CCC1O[C@@H]2OC(C)=NC2[C@@H](C)[C@@H]1C. The summed E-state index contributed by atoms with van der Waals surface area (Å²) in [6.45, 7) is 8.56. The fraction of sp³-hybridized carbons (Fsp3) is 0.909. The Morgan fingerprint density at radius 2 is 2.00 bits per heavy atom. The molecule has 0 bridgehead atoms. The molecule has 2 rings (SSSR count). The molecule has 5 atom stereocenters. The molecular weight excluding hydrogens is 178 g/mol. The third kappa shape index (κ3) is 1.44. The van der Waals surface area contributed by atoms with Crippen molar-refractivity contribution in [2.24, 2.45) is 16.8 Å². The van der Waals surface area contributed by atoms with Gasteiger partial charge in [0.1, 0.15) is 6.04 Å². The molecule has 0 amide bonds. The topological polar surface area (TPSA) is 30.8 Å². The number of ether oxygens (including phenoxy) is 2. The molecule has 2 aliphatic rings. The van der Waals surface area contributed by atoms with Crippen LogP contribution in [-0.4, -0.2) is 24.3 Å². The summed E-state index contributed by atoms with van der Waals surface area (Å²) < 4.78 is 11.4. The summed E-state index contributed by atoms with van der Waals surface area (Å²) in [5.74, 6) is 1.89. The third-order valence-electron chi connectivity index (χ3n) is 3.56. The van der Waals surface area contributed by atoms with Crippen LogP contribution in [0.3, 0.4) is 0 Å². The van der Waals surface area contributed by atoms with Crippen molar-refractivity contribution in [3.05, 3.63) is 0 Å². The fourth-order valence-corrected chi connectivity index (χ4v) is 2.43. The lowest BCUT2D eigenvalue weighted by Gasteiger charge is -2.39. The van der Waals surface area contributed by atoms with E-state index < -0.39 is 0 Å². The monoisotopic (exact) mass is 197 g/mol. The van der Waals surface area contributed by atoms with Gasteiger partial charge in [-0.2, -0.15) is 0 Å². The smallest absolute Gasteiger partial charge is 0.224 e. The Labute approximate surface area is 85.5 Å². The van der Waals surface area contributed by atoms with Gasteiger partial charge in [0.25, 0.3) is 0 Å². The molecule has 80 valence electrons. The molecule has 14 heavy (non-hydrogen) atoms. The van der Waals surface area contributed by atoms with Crippen LogP contribution in [0.5, 0.6) is 0 Å². The normalized spacial score (nSPS) is 46.9. The minimum absolute atomic E-state index is 0.119. The lowest BCUT2D eigenvalue weighted by atomic mass is 9.82. The average Bonchev–Trinajstić information content (AvgIpc) is 2.52. The standard InChI is InChI=1S/C11H19NO2/c1-5-9-6(2)7(3)10-11(14-9)13-8(4)12-10/h6-7,9-11H,5H2,1-4H3/t6-,7-,9?,10?,11-/m0/s1. The molecule has 3 nitrogen and oxygen atoms in total. The lowest BCUT2D eigenvalue weighted by molar-refractivity contribution is -0.186. The number of fused-ring (bicyclic) bond motifs is 1. The predicted molar refractivity (Wildman–Crippen MR) is 55.3 cm³/mol. The fourth-order valence-electron chi connectivity index (χ4n) is 2.43. The van der Waals surface area contributed by atoms with E-state index in [0.29, 0.717) is 17.9 Å². The lowest BCUT2D eigenvalue weighted by Crippen LogP contribution is -2.46.